The number of imidazole rings is 1. The molecule has 0 aliphatic carbocycles. The lowest BCUT2D eigenvalue weighted by Gasteiger charge is -2.16. The number of nitrogen functional groups attached to an aromatic ring is 1. The summed E-state index contributed by atoms with van der Waals surface area (Å²) in [6.07, 6.45) is 3.73. The van der Waals surface area contributed by atoms with Crippen molar-refractivity contribution >= 4 is 23.1 Å². The SMILES string of the molecule is Cn1cc(-c2nc3ccc(Cl)cn3c2N)c(C(C)(C)C)n1. The second-order valence-electron chi connectivity index (χ2n) is 6.24. The van der Waals surface area contributed by atoms with Crippen LogP contribution in [0.15, 0.2) is 24.5 Å². The monoisotopic (exact) mass is 303 g/mol. The smallest absolute Gasteiger partial charge is 0.139 e. The minimum Gasteiger partial charge on any atom is -0.383 e. The lowest BCUT2D eigenvalue weighted by molar-refractivity contribution is 0.554. The van der Waals surface area contributed by atoms with Crippen molar-refractivity contribution in [3.05, 3.63) is 35.2 Å². The number of nitrogens with zero attached hydrogens (tertiary/aromatic N) is 4. The zero-order valence-electron chi connectivity index (χ0n) is 12.6. The molecule has 0 saturated heterocycles. The molecule has 0 aliphatic rings. The van der Waals surface area contributed by atoms with Crippen LogP contribution in [0, 0.1) is 0 Å². The summed E-state index contributed by atoms with van der Waals surface area (Å²) in [5.74, 6) is 0.575. The van der Waals surface area contributed by atoms with Crippen LogP contribution in [0.3, 0.4) is 0 Å². The van der Waals surface area contributed by atoms with Crippen molar-refractivity contribution < 1.29 is 0 Å². The molecule has 110 valence electrons. The number of hydrogen-bond donors (Lipinski definition) is 1. The van der Waals surface area contributed by atoms with Crippen LogP contribution in [0.25, 0.3) is 16.9 Å². The molecule has 6 heteroatoms. The number of rotatable bonds is 1. The summed E-state index contributed by atoms with van der Waals surface area (Å²) in [7, 11) is 1.90. The van der Waals surface area contributed by atoms with Gasteiger partial charge in [0, 0.05) is 30.4 Å². The maximum absolute atomic E-state index is 6.27. The van der Waals surface area contributed by atoms with E-state index in [1.54, 1.807) is 21.3 Å². The van der Waals surface area contributed by atoms with E-state index in [0.717, 1.165) is 22.6 Å². The summed E-state index contributed by atoms with van der Waals surface area (Å²) in [5.41, 5.74) is 9.64. The van der Waals surface area contributed by atoms with Crippen LogP contribution < -0.4 is 5.73 Å². The normalized spacial score (nSPS) is 12.2. The average Bonchev–Trinajstić information content (AvgIpc) is 2.91. The summed E-state index contributed by atoms with van der Waals surface area (Å²) in [4.78, 5) is 4.64. The summed E-state index contributed by atoms with van der Waals surface area (Å²) < 4.78 is 3.60. The Morgan fingerprint density at radius 1 is 1.19 bits per heavy atom. The standard InChI is InChI=1S/C15H18ClN5/c1-15(2,3)13-10(8-20(4)19-13)12-14(17)21-7-9(16)5-6-11(21)18-12/h5-8H,17H2,1-4H3. The summed E-state index contributed by atoms with van der Waals surface area (Å²) in [6.45, 7) is 6.38. The molecule has 0 unspecified atom stereocenters. The Morgan fingerprint density at radius 3 is 2.57 bits per heavy atom. The van der Waals surface area contributed by atoms with Crippen molar-refractivity contribution in [2.24, 2.45) is 7.05 Å². The maximum Gasteiger partial charge on any atom is 0.139 e. The van der Waals surface area contributed by atoms with Gasteiger partial charge in [0.05, 0.1) is 10.7 Å². The van der Waals surface area contributed by atoms with Gasteiger partial charge in [-0.05, 0) is 12.1 Å². The highest BCUT2D eigenvalue weighted by atomic mass is 35.5. The zero-order valence-corrected chi connectivity index (χ0v) is 13.3. The van der Waals surface area contributed by atoms with Crippen LogP contribution in [0.1, 0.15) is 26.5 Å². The third-order valence-corrected chi connectivity index (χ3v) is 3.64. The maximum atomic E-state index is 6.27. The van der Waals surface area contributed by atoms with E-state index >= 15 is 0 Å². The summed E-state index contributed by atoms with van der Waals surface area (Å²) >= 11 is 6.03. The largest absolute Gasteiger partial charge is 0.383 e. The van der Waals surface area contributed by atoms with E-state index in [4.69, 9.17) is 17.3 Å². The van der Waals surface area contributed by atoms with Crippen molar-refractivity contribution in [3.63, 3.8) is 0 Å². The van der Waals surface area contributed by atoms with Gasteiger partial charge in [-0.25, -0.2) is 4.98 Å². The second kappa shape index (κ2) is 4.49. The molecule has 3 heterocycles. The third kappa shape index (κ3) is 2.27. The molecule has 0 fully saturated rings. The summed E-state index contributed by atoms with van der Waals surface area (Å²) in [5, 5.41) is 5.20. The van der Waals surface area contributed by atoms with Gasteiger partial charge in [-0.2, -0.15) is 5.10 Å². The topological polar surface area (TPSA) is 61.1 Å². The first-order valence-electron chi connectivity index (χ1n) is 6.75. The lowest BCUT2D eigenvalue weighted by Crippen LogP contribution is -2.14. The Kier molecular flexibility index (Phi) is 2.99. The fourth-order valence-electron chi connectivity index (χ4n) is 2.45. The van der Waals surface area contributed by atoms with Crippen molar-refractivity contribution in [3.8, 4) is 11.3 Å². The number of halogens is 1. The van der Waals surface area contributed by atoms with E-state index in [2.05, 4.69) is 30.9 Å². The number of pyridine rings is 1. The van der Waals surface area contributed by atoms with Crippen LogP contribution >= 0.6 is 11.6 Å². The summed E-state index contributed by atoms with van der Waals surface area (Å²) in [6, 6.07) is 3.66. The van der Waals surface area contributed by atoms with Crippen LogP contribution in [-0.2, 0) is 12.5 Å². The van der Waals surface area contributed by atoms with Gasteiger partial charge in [-0.1, -0.05) is 32.4 Å². The molecule has 0 atom stereocenters. The molecule has 0 radical (unpaired) electrons. The van der Waals surface area contributed by atoms with Gasteiger partial charge in [0.2, 0.25) is 0 Å². The molecule has 0 aromatic carbocycles. The average molecular weight is 304 g/mol. The van der Waals surface area contributed by atoms with Crippen LogP contribution in [0.4, 0.5) is 5.82 Å². The van der Waals surface area contributed by atoms with E-state index in [0.29, 0.717) is 10.8 Å². The molecule has 0 amide bonds. The van der Waals surface area contributed by atoms with E-state index in [-0.39, 0.29) is 5.41 Å². The minimum atomic E-state index is -0.0868. The van der Waals surface area contributed by atoms with Crippen LogP contribution in [0.5, 0.6) is 0 Å². The molecule has 2 N–H and O–H groups in total. The van der Waals surface area contributed by atoms with Crippen molar-refractivity contribution in [2.75, 3.05) is 5.73 Å². The molecule has 0 spiro atoms. The number of aromatic nitrogens is 4. The molecular formula is C15H18ClN5. The Balaban J connectivity index is 2.29. The zero-order chi connectivity index (χ0) is 15.4. The Morgan fingerprint density at radius 2 is 1.90 bits per heavy atom. The predicted molar refractivity (Wildman–Crippen MR) is 85.5 cm³/mol. The molecule has 0 aliphatic heterocycles. The second-order valence-corrected chi connectivity index (χ2v) is 6.67. The fourth-order valence-corrected chi connectivity index (χ4v) is 2.61. The first kappa shape index (κ1) is 13.9. The quantitative estimate of drug-likeness (QED) is 0.750. The van der Waals surface area contributed by atoms with Gasteiger partial charge in [-0.15, -0.1) is 0 Å². The van der Waals surface area contributed by atoms with Gasteiger partial charge in [0.15, 0.2) is 0 Å². The molecular weight excluding hydrogens is 286 g/mol. The minimum absolute atomic E-state index is 0.0868. The molecule has 3 aromatic rings. The van der Waals surface area contributed by atoms with E-state index in [9.17, 15) is 0 Å². The molecule has 3 rings (SSSR count). The Hall–Kier alpha value is -2.01. The first-order valence-corrected chi connectivity index (χ1v) is 7.13. The van der Waals surface area contributed by atoms with Crippen LogP contribution in [0.2, 0.25) is 5.02 Å². The van der Waals surface area contributed by atoms with E-state index in [1.807, 2.05) is 19.3 Å². The number of anilines is 1. The number of fused-ring (bicyclic) bond motifs is 1. The molecule has 3 aromatic heterocycles. The highest BCUT2D eigenvalue weighted by Gasteiger charge is 2.25. The highest BCUT2D eigenvalue weighted by molar-refractivity contribution is 6.30. The van der Waals surface area contributed by atoms with Crippen molar-refractivity contribution in [1.29, 1.82) is 0 Å². The molecule has 0 saturated carbocycles. The van der Waals surface area contributed by atoms with Crippen molar-refractivity contribution in [1.82, 2.24) is 19.2 Å². The highest BCUT2D eigenvalue weighted by Crippen LogP contribution is 2.34. The number of hydrogen-bond acceptors (Lipinski definition) is 3. The van der Waals surface area contributed by atoms with E-state index < -0.39 is 0 Å². The van der Waals surface area contributed by atoms with Gasteiger partial charge in [0.1, 0.15) is 17.2 Å². The van der Waals surface area contributed by atoms with Gasteiger partial charge < -0.3 is 5.73 Å². The molecule has 5 nitrogen and oxygen atoms in total. The Bertz CT molecular complexity index is 823. The third-order valence-electron chi connectivity index (χ3n) is 3.41. The number of aryl methyl sites for hydroxylation is 1. The van der Waals surface area contributed by atoms with Gasteiger partial charge in [0.25, 0.3) is 0 Å². The van der Waals surface area contributed by atoms with E-state index in [1.165, 1.54) is 0 Å². The van der Waals surface area contributed by atoms with Gasteiger partial charge >= 0.3 is 0 Å². The number of nitrogens with two attached hydrogens (primary N) is 1. The molecule has 0 bridgehead atoms. The van der Waals surface area contributed by atoms with Crippen molar-refractivity contribution in [2.45, 2.75) is 26.2 Å². The van der Waals surface area contributed by atoms with Crippen LogP contribution in [-0.4, -0.2) is 19.2 Å². The predicted octanol–water partition coefficient (Wildman–Crippen LogP) is 3.27. The fraction of sp³-hybridized carbons (Fsp3) is 0.333. The Labute approximate surface area is 128 Å². The first-order chi connectivity index (χ1) is 9.77. The lowest BCUT2D eigenvalue weighted by atomic mass is 9.89. The molecule has 21 heavy (non-hydrogen) atoms. The van der Waals surface area contributed by atoms with Gasteiger partial charge in [-0.3, -0.25) is 9.08 Å².